The maximum Gasteiger partial charge on any atom is 0.354 e. The second kappa shape index (κ2) is 6.24. The Labute approximate surface area is 119 Å². The summed E-state index contributed by atoms with van der Waals surface area (Å²) >= 11 is 0. The lowest BCUT2D eigenvalue weighted by molar-refractivity contribution is -0.418. The SMILES string of the molecule is COC1=CC(=[O+]C)/C(=C(\C)c2cccc(OC)c2)C=C1. The van der Waals surface area contributed by atoms with Crippen molar-refractivity contribution in [2.45, 2.75) is 6.92 Å². The maximum atomic E-state index is 5.45. The van der Waals surface area contributed by atoms with Crippen molar-refractivity contribution in [1.29, 1.82) is 0 Å². The van der Waals surface area contributed by atoms with E-state index in [1.807, 2.05) is 36.4 Å². The second-order valence-corrected chi connectivity index (χ2v) is 4.42. The molecule has 0 spiro atoms. The fourth-order valence-electron chi connectivity index (χ4n) is 2.12. The van der Waals surface area contributed by atoms with Crippen LogP contribution in [0.3, 0.4) is 0 Å². The van der Waals surface area contributed by atoms with Crippen LogP contribution in [-0.4, -0.2) is 27.1 Å². The molecule has 3 heteroatoms. The van der Waals surface area contributed by atoms with E-state index in [2.05, 4.69) is 13.0 Å². The maximum absolute atomic E-state index is 5.45. The lowest BCUT2D eigenvalue weighted by Crippen LogP contribution is -2.08. The van der Waals surface area contributed by atoms with Crippen molar-refractivity contribution in [2.75, 3.05) is 21.3 Å². The number of hydrogen-bond acceptors (Lipinski definition) is 2. The minimum absolute atomic E-state index is 0.782. The summed E-state index contributed by atoms with van der Waals surface area (Å²) < 4.78 is 15.9. The van der Waals surface area contributed by atoms with Crippen molar-refractivity contribution in [3.8, 4) is 5.75 Å². The smallest absolute Gasteiger partial charge is 0.354 e. The molecule has 0 heterocycles. The molecule has 104 valence electrons. The standard InChI is InChI=1S/C17H19O3/c1-12(13-6-5-7-14(10-13)18-2)16-9-8-15(19-3)11-17(16)20-4/h5-11H,1-4H3/q+1/b16-12+. The van der Waals surface area contributed by atoms with Gasteiger partial charge in [0.15, 0.2) is 0 Å². The van der Waals surface area contributed by atoms with Crippen LogP contribution in [0.5, 0.6) is 5.75 Å². The van der Waals surface area contributed by atoms with Crippen molar-refractivity contribution in [3.05, 3.63) is 59.4 Å². The number of ether oxygens (including phenoxy) is 2. The van der Waals surface area contributed by atoms with E-state index < -0.39 is 0 Å². The Morgan fingerprint density at radius 1 is 1.10 bits per heavy atom. The summed E-state index contributed by atoms with van der Waals surface area (Å²) in [4.78, 5) is 0. The zero-order valence-electron chi connectivity index (χ0n) is 12.3. The molecule has 0 unspecified atom stereocenters. The van der Waals surface area contributed by atoms with Crippen LogP contribution in [0.2, 0.25) is 0 Å². The number of benzene rings is 1. The number of hydrogen-bond donors (Lipinski definition) is 0. The van der Waals surface area contributed by atoms with Crippen LogP contribution in [0.4, 0.5) is 0 Å². The lowest BCUT2D eigenvalue weighted by Gasteiger charge is -2.10. The van der Waals surface area contributed by atoms with Crippen molar-refractivity contribution < 1.29 is 13.9 Å². The minimum Gasteiger partial charge on any atom is -0.497 e. The fraction of sp³-hybridized carbons (Fsp3) is 0.235. The minimum atomic E-state index is 0.782. The molecule has 0 saturated heterocycles. The van der Waals surface area contributed by atoms with Crippen LogP contribution in [0, 0.1) is 0 Å². The number of rotatable bonds is 3. The third-order valence-electron chi connectivity index (χ3n) is 3.32. The van der Waals surface area contributed by atoms with Gasteiger partial charge in [0.1, 0.15) is 11.5 Å². The molecule has 1 aromatic carbocycles. The van der Waals surface area contributed by atoms with E-state index >= 15 is 0 Å². The number of ketones is 1. The molecule has 0 N–H and O–H groups in total. The van der Waals surface area contributed by atoms with Gasteiger partial charge in [-0.2, -0.15) is 0 Å². The molecule has 0 saturated carbocycles. The molecule has 0 fully saturated rings. The number of methoxy groups -OCH3 is 2. The molecule has 1 aliphatic carbocycles. The van der Waals surface area contributed by atoms with Crippen molar-refractivity contribution in [1.82, 2.24) is 0 Å². The molecular formula is C17H19O3+. The first kappa shape index (κ1) is 14.1. The average Bonchev–Trinajstić information content (AvgIpc) is 2.53. The molecule has 0 atom stereocenters. The zero-order valence-corrected chi connectivity index (χ0v) is 12.3. The highest BCUT2D eigenvalue weighted by Gasteiger charge is 2.21. The van der Waals surface area contributed by atoms with Gasteiger partial charge in [0.05, 0.1) is 25.9 Å². The first-order valence-corrected chi connectivity index (χ1v) is 6.40. The van der Waals surface area contributed by atoms with Gasteiger partial charge in [0, 0.05) is 0 Å². The quantitative estimate of drug-likeness (QED) is 0.623. The first-order valence-electron chi connectivity index (χ1n) is 6.40. The molecule has 1 aliphatic rings. The van der Waals surface area contributed by atoms with E-state index in [0.717, 1.165) is 34.0 Å². The second-order valence-electron chi connectivity index (χ2n) is 4.42. The van der Waals surface area contributed by atoms with Crippen LogP contribution >= 0.6 is 0 Å². The Kier molecular flexibility index (Phi) is 4.41. The molecule has 0 bridgehead atoms. The predicted octanol–water partition coefficient (Wildman–Crippen LogP) is 3.30. The Hall–Kier alpha value is -2.29. The Balaban J connectivity index is 2.46. The van der Waals surface area contributed by atoms with E-state index in [1.165, 1.54) is 0 Å². The lowest BCUT2D eigenvalue weighted by atomic mass is 9.95. The zero-order chi connectivity index (χ0) is 14.5. The average molecular weight is 271 g/mol. The Bertz CT molecular complexity index is 619. The monoisotopic (exact) mass is 271 g/mol. The molecule has 3 nitrogen and oxygen atoms in total. The molecule has 0 aromatic heterocycles. The summed E-state index contributed by atoms with van der Waals surface area (Å²) in [6.07, 6.45) is 5.83. The fourth-order valence-corrected chi connectivity index (χ4v) is 2.12. The largest absolute Gasteiger partial charge is 0.497 e. The van der Waals surface area contributed by atoms with E-state index in [-0.39, 0.29) is 0 Å². The molecular weight excluding hydrogens is 252 g/mol. The van der Waals surface area contributed by atoms with E-state index in [0.29, 0.717) is 0 Å². The van der Waals surface area contributed by atoms with Gasteiger partial charge in [0.2, 0.25) is 0 Å². The number of allylic oxidation sites excluding steroid dienone is 5. The molecule has 0 amide bonds. The van der Waals surface area contributed by atoms with E-state index in [9.17, 15) is 0 Å². The van der Waals surface area contributed by atoms with E-state index in [4.69, 9.17) is 13.9 Å². The number of carbonyl (C=O) groups excluding carboxylic acids is 1. The van der Waals surface area contributed by atoms with E-state index in [1.54, 1.807) is 21.3 Å². The van der Waals surface area contributed by atoms with Gasteiger partial charge >= 0.3 is 5.78 Å². The van der Waals surface area contributed by atoms with Crippen molar-refractivity contribution in [3.63, 3.8) is 0 Å². The van der Waals surface area contributed by atoms with Gasteiger partial charge in [-0.25, -0.2) is 0 Å². The van der Waals surface area contributed by atoms with Gasteiger partial charge in [-0.15, -0.1) is 0 Å². The van der Waals surface area contributed by atoms with Gasteiger partial charge in [0.25, 0.3) is 7.11 Å². The summed E-state index contributed by atoms with van der Waals surface area (Å²) in [5.74, 6) is 2.42. The highest BCUT2D eigenvalue weighted by atomic mass is 16.5. The molecule has 2 rings (SSSR count). The van der Waals surface area contributed by atoms with Crippen LogP contribution in [-0.2, 0) is 9.16 Å². The van der Waals surface area contributed by atoms with Crippen molar-refractivity contribution in [2.24, 2.45) is 0 Å². The summed E-state index contributed by atoms with van der Waals surface area (Å²) in [5.41, 5.74) is 3.28. The molecule has 0 aliphatic heterocycles. The Morgan fingerprint density at radius 2 is 1.90 bits per heavy atom. The molecule has 20 heavy (non-hydrogen) atoms. The van der Waals surface area contributed by atoms with Crippen LogP contribution < -0.4 is 4.74 Å². The highest BCUT2D eigenvalue weighted by molar-refractivity contribution is 6.13. The van der Waals surface area contributed by atoms with Crippen LogP contribution in [0.15, 0.2) is 53.8 Å². The highest BCUT2D eigenvalue weighted by Crippen LogP contribution is 2.26. The normalized spacial score (nSPS) is 18.8. The van der Waals surface area contributed by atoms with Gasteiger partial charge in [-0.1, -0.05) is 12.1 Å². The summed E-state index contributed by atoms with van der Waals surface area (Å²) in [5, 5.41) is 0. The third kappa shape index (κ3) is 2.82. The molecule has 0 radical (unpaired) electrons. The first-order chi connectivity index (χ1) is 9.69. The molecule has 1 aromatic rings. The van der Waals surface area contributed by atoms with Gasteiger partial charge < -0.3 is 9.47 Å². The summed E-state index contributed by atoms with van der Waals surface area (Å²) in [6.45, 7) is 2.07. The third-order valence-corrected chi connectivity index (χ3v) is 3.32. The van der Waals surface area contributed by atoms with Gasteiger partial charge in [-0.3, -0.25) is 4.42 Å². The van der Waals surface area contributed by atoms with Crippen LogP contribution in [0.25, 0.3) is 5.57 Å². The summed E-state index contributed by atoms with van der Waals surface area (Å²) in [6, 6.07) is 7.98. The predicted molar refractivity (Wildman–Crippen MR) is 80.8 cm³/mol. The Morgan fingerprint density at radius 3 is 2.55 bits per heavy atom. The van der Waals surface area contributed by atoms with Crippen LogP contribution in [0.1, 0.15) is 12.5 Å². The van der Waals surface area contributed by atoms with Crippen molar-refractivity contribution >= 4 is 11.4 Å². The summed E-state index contributed by atoms with van der Waals surface area (Å²) in [7, 11) is 4.98. The van der Waals surface area contributed by atoms with Gasteiger partial charge in [-0.05, 0) is 42.3 Å². The topological polar surface area (TPSA) is 29.8 Å².